The number of hydrogen-bond acceptors (Lipinski definition) is 6. The van der Waals surface area contributed by atoms with Crippen LogP contribution < -0.4 is 10.6 Å². The Morgan fingerprint density at radius 3 is 2.46 bits per heavy atom. The molecule has 2 saturated heterocycles. The number of carbonyl (C=O) groups excluding carboxylic acids is 1. The van der Waals surface area contributed by atoms with Crippen molar-refractivity contribution in [3.05, 3.63) is 53.4 Å². The van der Waals surface area contributed by atoms with Crippen LogP contribution in [0.4, 0.5) is 0 Å². The Labute approximate surface area is 207 Å². The van der Waals surface area contributed by atoms with Gasteiger partial charge in [0.15, 0.2) is 5.69 Å². The van der Waals surface area contributed by atoms with Crippen molar-refractivity contribution in [2.45, 2.75) is 63.6 Å². The Kier molecular flexibility index (Phi) is 7.24. The zero-order valence-electron chi connectivity index (χ0n) is 20.2. The summed E-state index contributed by atoms with van der Waals surface area (Å²) in [5.74, 6) is 0.936. The van der Waals surface area contributed by atoms with Crippen molar-refractivity contribution in [2.75, 3.05) is 26.2 Å². The summed E-state index contributed by atoms with van der Waals surface area (Å²) in [6.45, 7) is 4.63. The van der Waals surface area contributed by atoms with E-state index in [1.54, 1.807) is 14.7 Å². The molecule has 35 heavy (non-hydrogen) atoms. The van der Waals surface area contributed by atoms with Gasteiger partial charge in [-0.25, -0.2) is 0 Å². The van der Waals surface area contributed by atoms with Crippen molar-refractivity contribution >= 4 is 16.1 Å². The zero-order chi connectivity index (χ0) is 24.4. The minimum atomic E-state index is -3.51. The lowest BCUT2D eigenvalue weighted by Crippen LogP contribution is -2.56. The number of nitrogens with zero attached hydrogens (tertiary/aromatic N) is 3. The molecule has 1 aliphatic carbocycles. The third-order valence-corrected chi connectivity index (χ3v) is 9.47. The van der Waals surface area contributed by atoms with Crippen LogP contribution in [0.1, 0.15) is 66.8 Å². The molecule has 0 radical (unpaired) electrons. The molecule has 0 spiro atoms. The van der Waals surface area contributed by atoms with Gasteiger partial charge in [-0.15, -0.1) is 0 Å². The zero-order valence-corrected chi connectivity index (χ0v) is 21.0. The normalized spacial score (nSPS) is 24.9. The van der Waals surface area contributed by atoms with E-state index in [9.17, 15) is 13.2 Å². The first-order valence-corrected chi connectivity index (χ1v) is 14.1. The van der Waals surface area contributed by atoms with E-state index in [1.165, 1.54) is 5.56 Å². The maximum Gasteiger partial charge on any atom is 0.281 e. The van der Waals surface area contributed by atoms with E-state index < -0.39 is 10.2 Å². The first-order chi connectivity index (χ1) is 16.9. The van der Waals surface area contributed by atoms with E-state index in [2.05, 4.69) is 27.9 Å². The maximum atomic E-state index is 13.3. The highest BCUT2D eigenvalue weighted by molar-refractivity contribution is 7.86. The lowest BCUT2D eigenvalue weighted by atomic mass is 9.95. The molecule has 0 unspecified atom stereocenters. The monoisotopic (exact) mass is 501 g/mol. The molecule has 1 aromatic carbocycles. The van der Waals surface area contributed by atoms with E-state index in [0.29, 0.717) is 50.3 Å². The van der Waals surface area contributed by atoms with E-state index >= 15 is 0 Å². The summed E-state index contributed by atoms with van der Waals surface area (Å²) in [6, 6.07) is 12.2. The van der Waals surface area contributed by atoms with Crippen LogP contribution in [0.5, 0.6) is 0 Å². The summed E-state index contributed by atoms with van der Waals surface area (Å²) in [7, 11) is -3.51. The molecular weight excluding hydrogens is 466 g/mol. The number of benzene rings is 1. The van der Waals surface area contributed by atoms with Crippen LogP contribution in [0, 0.1) is 5.92 Å². The summed E-state index contributed by atoms with van der Waals surface area (Å²) < 4.78 is 35.1. The van der Waals surface area contributed by atoms with Crippen molar-refractivity contribution in [1.82, 2.24) is 24.4 Å². The molecule has 3 aliphatic rings. The summed E-state index contributed by atoms with van der Waals surface area (Å²) in [4.78, 5) is 12.6. The molecule has 3 heterocycles. The van der Waals surface area contributed by atoms with Gasteiger partial charge in [-0.3, -0.25) is 4.79 Å². The van der Waals surface area contributed by atoms with E-state index in [0.717, 1.165) is 38.0 Å². The Hall–Kier alpha value is -2.27. The third-order valence-electron chi connectivity index (χ3n) is 7.47. The third kappa shape index (κ3) is 5.77. The number of piperidine rings is 2. The van der Waals surface area contributed by atoms with Crippen molar-refractivity contribution in [2.24, 2.45) is 5.92 Å². The fourth-order valence-corrected chi connectivity index (χ4v) is 6.80. The first kappa shape index (κ1) is 24.4. The number of amides is 1. The molecular formula is C25H35N5O4S. The number of aromatic nitrogens is 1. The molecule has 2 atom stereocenters. The van der Waals surface area contributed by atoms with E-state index in [1.807, 2.05) is 25.1 Å². The second-order valence-electron chi connectivity index (χ2n) is 10.1. The molecule has 2 N–H and O–H groups in total. The van der Waals surface area contributed by atoms with Gasteiger partial charge in [0.25, 0.3) is 16.1 Å². The summed E-state index contributed by atoms with van der Waals surface area (Å²) in [6.07, 6.45) is 4.35. The summed E-state index contributed by atoms with van der Waals surface area (Å²) in [5, 5.41) is 10.5. The Morgan fingerprint density at radius 2 is 1.77 bits per heavy atom. The van der Waals surface area contributed by atoms with Gasteiger partial charge in [-0.2, -0.15) is 17.0 Å². The van der Waals surface area contributed by atoms with Crippen molar-refractivity contribution in [3.63, 3.8) is 0 Å². The minimum Gasteiger partial charge on any atom is -0.360 e. The Morgan fingerprint density at radius 1 is 1.06 bits per heavy atom. The molecule has 9 nitrogen and oxygen atoms in total. The van der Waals surface area contributed by atoms with Gasteiger partial charge in [-0.1, -0.05) is 42.4 Å². The molecule has 190 valence electrons. The second kappa shape index (κ2) is 10.4. The molecule has 2 aromatic rings. The fraction of sp³-hybridized carbons (Fsp3) is 0.600. The number of rotatable bonds is 8. The molecule has 0 bridgehead atoms. The number of hydrogen-bond donors (Lipinski definition) is 2. The molecule has 10 heteroatoms. The lowest BCUT2D eigenvalue weighted by Gasteiger charge is -2.40. The predicted octanol–water partition coefficient (Wildman–Crippen LogP) is 2.49. The Balaban J connectivity index is 1.09. The van der Waals surface area contributed by atoms with Crippen molar-refractivity contribution in [3.8, 4) is 0 Å². The Bertz CT molecular complexity index is 1110. The fourth-order valence-electron chi connectivity index (χ4n) is 5.04. The largest absolute Gasteiger partial charge is 0.360 e. The van der Waals surface area contributed by atoms with Gasteiger partial charge in [-0.05, 0) is 43.6 Å². The SMILES string of the molecule is C[C@H]1CN(S(=O)(=O)N2CCC(NCc3ccccc3)CC2)CC[C@H]1NC(=O)c1cc(C2CC2)on1. The van der Waals surface area contributed by atoms with E-state index in [-0.39, 0.29) is 17.9 Å². The quantitative estimate of drug-likeness (QED) is 0.576. The van der Waals surface area contributed by atoms with Crippen molar-refractivity contribution < 1.29 is 17.7 Å². The van der Waals surface area contributed by atoms with Gasteiger partial charge in [0.2, 0.25) is 0 Å². The van der Waals surface area contributed by atoms with E-state index in [4.69, 9.17) is 4.52 Å². The minimum absolute atomic E-state index is 0.00218. The average molecular weight is 502 g/mol. The molecule has 5 rings (SSSR count). The molecule has 2 aliphatic heterocycles. The molecule has 1 aromatic heterocycles. The highest BCUT2D eigenvalue weighted by Crippen LogP contribution is 2.40. The van der Waals surface area contributed by atoms with Crippen LogP contribution >= 0.6 is 0 Å². The standard InChI is InChI=1S/C25H35N5O4S/c1-18-17-30(14-11-22(18)27-25(31)23-15-24(34-28-23)20-7-8-20)35(32,33)29-12-9-21(10-13-29)26-16-19-5-3-2-4-6-19/h2-6,15,18,20-22,26H,7-14,16-17H2,1H3,(H,27,31)/t18-,22+/m0/s1. The topological polar surface area (TPSA) is 108 Å². The number of carbonyl (C=O) groups is 1. The van der Waals surface area contributed by atoms with Crippen LogP contribution in [0.2, 0.25) is 0 Å². The van der Waals surface area contributed by atoms with Crippen LogP contribution in [0.3, 0.4) is 0 Å². The van der Waals surface area contributed by atoms with Gasteiger partial charge in [0.05, 0.1) is 0 Å². The van der Waals surface area contributed by atoms with Crippen LogP contribution in [0.25, 0.3) is 0 Å². The smallest absolute Gasteiger partial charge is 0.281 e. The maximum absolute atomic E-state index is 13.3. The van der Waals surface area contributed by atoms with Gasteiger partial charge >= 0.3 is 0 Å². The number of nitrogens with one attached hydrogen (secondary N) is 2. The predicted molar refractivity (Wildman–Crippen MR) is 132 cm³/mol. The van der Waals surface area contributed by atoms with Crippen LogP contribution in [-0.4, -0.2) is 66.4 Å². The van der Waals surface area contributed by atoms with Crippen LogP contribution in [-0.2, 0) is 16.8 Å². The average Bonchev–Trinajstić information content (AvgIpc) is 3.60. The molecule has 3 fully saturated rings. The van der Waals surface area contributed by atoms with Crippen LogP contribution in [0.15, 0.2) is 40.9 Å². The molecule has 1 amide bonds. The summed E-state index contributed by atoms with van der Waals surface area (Å²) >= 11 is 0. The summed E-state index contributed by atoms with van der Waals surface area (Å²) in [5.41, 5.74) is 1.54. The van der Waals surface area contributed by atoms with Crippen molar-refractivity contribution in [1.29, 1.82) is 0 Å². The second-order valence-corrected chi connectivity index (χ2v) is 12.1. The highest BCUT2D eigenvalue weighted by Gasteiger charge is 2.38. The first-order valence-electron chi connectivity index (χ1n) is 12.7. The highest BCUT2D eigenvalue weighted by atomic mass is 32.2. The van der Waals surface area contributed by atoms with Gasteiger partial charge < -0.3 is 15.2 Å². The lowest BCUT2D eigenvalue weighted by molar-refractivity contribution is 0.0890. The van der Waals surface area contributed by atoms with Gasteiger partial charge in [0, 0.05) is 56.8 Å². The molecule has 1 saturated carbocycles. The van der Waals surface area contributed by atoms with Gasteiger partial charge in [0.1, 0.15) is 5.76 Å².